The predicted octanol–water partition coefficient (Wildman–Crippen LogP) is 1.66. The Morgan fingerprint density at radius 1 is 0.862 bits per heavy atom. The van der Waals surface area contributed by atoms with Gasteiger partial charge in [0.25, 0.3) is 17.7 Å². The average Bonchev–Trinajstić information content (AvgIpc) is 2.71. The molecular weight excluding hydrogens is 374 g/mol. The molecule has 3 N–H and O–H groups in total. The van der Waals surface area contributed by atoms with E-state index < -0.39 is 17.7 Å². The number of carbonyl (C=O) groups excluding carboxylic acids is 3. The second-order valence-corrected chi connectivity index (χ2v) is 6.25. The fraction of sp³-hybridized carbons (Fsp3) is 0.286. The van der Waals surface area contributed by atoms with Crippen LogP contribution in [-0.4, -0.2) is 37.5 Å². The van der Waals surface area contributed by atoms with E-state index in [2.05, 4.69) is 16.2 Å². The molecule has 0 aliphatic carbocycles. The number of nitrogens with one attached hydrogen (secondary N) is 3. The Balaban J connectivity index is 1.71. The van der Waals surface area contributed by atoms with Crippen LogP contribution in [0.15, 0.2) is 42.5 Å². The summed E-state index contributed by atoms with van der Waals surface area (Å²) in [7, 11) is 0. The maximum atomic E-state index is 12.0. The SMILES string of the molecule is CCOc1ccc(C(=O)NCC(=O)NNC(=O)COc2c(C)cccc2C)cc1. The van der Waals surface area contributed by atoms with Gasteiger partial charge in [0.1, 0.15) is 11.5 Å². The topological polar surface area (TPSA) is 106 Å². The van der Waals surface area contributed by atoms with Gasteiger partial charge in [-0.15, -0.1) is 0 Å². The number of benzene rings is 2. The number of hydrogen-bond donors (Lipinski definition) is 3. The third-order valence-corrected chi connectivity index (χ3v) is 3.93. The van der Waals surface area contributed by atoms with Crippen molar-refractivity contribution >= 4 is 17.7 Å². The van der Waals surface area contributed by atoms with E-state index in [0.29, 0.717) is 23.7 Å². The summed E-state index contributed by atoms with van der Waals surface area (Å²) in [6.45, 7) is 5.64. The average molecular weight is 399 g/mol. The number of amides is 3. The lowest BCUT2D eigenvalue weighted by atomic mass is 10.1. The molecule has 2 aromatic carbocycles. The van der Waals surface area contributed by atoms with E-state index in [1.54, 1.807) is 24.3 Å². The van der Waals surface area contributed by atoms with Gasteiger partial charge in [0, 0.05) is 5.56 Å². The molecule has 0 atom stereocenters. The highest BCUT2D eigenvalue weighted by Crippen LogP contribution is 2.21. The van der Waals surface area contributed by atoms with Crippen molar-refractivity contribution in [2.24, 2.45) is 0 Å². The van der Waals surface area contributed by atoms with E-state index in [0.717, 1.165) is 11.1 Å². The Morgan fingerprint density at radius 3 is 2.10 bits per heavy atom. The van der Waals surface area contributed by atoms with E-state index in [9.17, 15) is 14.4 Å². The van der Waals surface area contributed by atoms with Crippen molar-refractivity contribution < 1.29 is 23.9 Å². The molecule has 2 aromatic rings. The Bertz CT molecular complexity index is 845. The highest BCUT2D eigenvalue weighted by atomic mass is 16.5. The number of hydrogen-bond acceptors (Lipinski definition) is 5. The van der Waals surface area contributed by atoms with Crippen LogP contribution in [0.25, 0.3) is 0 Å². The number of aryl methyl sites for hydroxylation is 2. The first kappa shape index (κ1) is 21.7. The van der Waals surface area contributed by atoms with Crippen molar-refractivity contribution in [1.29, 1.82) is 0 Å². The first-order chi connectivity index (χ1) is 13.9. The first-order valence-electron chi connectivity index (χ1n) is 9.18. The van der Waals surface area contributed by atoms with Crippen molar-refractivity contribution in [3.05, 3.63) is 59.2 Å². The molecule has 8 nitrogen and oxygen atoms in total. The van der Waals surface area contributed by atoms with E-state index >= 15 is 0 Å². The summed E-state index contributed by atoms with van der Waals surface area (Å²) in [6.07, 6.45) is 0. The molecule has 154 valence electrons. The number of ether oxygens (including phenoxy) is 2. The zero-order valence-electron chi connectivity index (χ0n) is 16.7. The van der Waals surface area contributed by atoms with Gasteiger partial charge in [-0.25, -0.2) is 0 Å². The van der Waals surface area contributed by atoms with Crippen molar-refractivity contribution in [1.82, 2.24) is 16.2 Å². The van der Waals surface area contributed by atoms with Gasteiger partial charge in [0.2, 0.25) is 0 Å². The molecule has 8 heteroatoms. The smallest absolute Gasteiger partial charge is 0.276 e. The van der Waals surface area contributed by atoms with Crippen LogP contribution >= 0.6 is 0 Å². The van der Waals surface area contributed by atoms with Crippen molar-refractivity contribution in [2.45, 2.75) is 20.8 Å². The zero-order valence-corrected chi connectivity index (χ0v) is 16.7. The maximum absolute atomic E-state index is 12.0. The van der Waals surface area contributed by atoms with Crippen molar-refractivity contribution in [2.75, 3.05) is 19.8 Å². The molecule has 0 saturated carbocycles. The molecular formula is C21H25N3O5. The van der Waals surface area contributed by atoms with Gasteiger partial charge in [-0.3, -0.25) is 25.2 Å². The summed E-state index contributed by atoms with van der Waals surface area (Å²) in [5, 5.41) is 2.47. The van der Waals surface area contributed by atoms with Gasteiger partial charge in [0.15, 0.2) is 6.61 Å². The lowest BCUT2D eigenvalue weighted by Crippen LogP contribution is -2.47. The first-order valence-corrected chi connectivity index (χ1v) is 9.18. The van der Waals surface area contributed by atoms with Crippen LogP contribution in [0.1, 0.15) is 28.4 Å². The van der Waals surface area contributed by atoms with Crippen LogP contribution in [-0.2, 0) is 9.59 Å². The van der Waals surface area contributed by atoms with Crippen molar-refractivity contribution in [3.63, 3.8) is 0 Å². The Kier molecular flexibility index (Phi) is 8.02. The van der Waals surface area contributed by atoms with Gasteiger partial charge in [-0.1, -0.05) is 18.2 Å². The number of para-hydroxylation sites is 1. The lowest BCUT2D eigenvalue weighted by molar-refractivity contribution is -0.129. The maximum Gasteiger partial charge on any atom is 0.276 e. The summed E-state index contributed by atoms with van der Waals surface area (Å²) in [5.74, 6) is -0.194. The third kappa shape index (κ3) is 6.84. The largest absolute Gasteiger partial charge is 0.494 e. The molecule has 0 heterocycles. The Labute approximate surface area is 169 Å². The minimum atomic E-state index is -0.565. The quantitative estimate of drug-likeness (QED) is 0.586. The summed E-state index contributed by atoms with van der Waals surface area (Å²) in [4.78, 5) is 35.7. The predicted molar refractivity (Wildman–Crippen MR) is 108 cm³/mol. The van der Waals surface area contributed by atoms with Crippen LogP contribution in [0, 0.1) is 13.8 Å². The van der Waals surface area contributed by atoms with Crippen LogP contribution < -0.4 is 25.6 Å². The van der Waals surface area contributed by atoms with Gasteiger partial charge >= 0.3 is 0 Å². The molecule has 0 aliphatic heterocycles. The molecule has 29 heavy (non-hydrogen) atoms. The Morgan fingerprint density at radius 2 is 1.48 bits per heavy atom. The van der Waals surface area contributed by atoms with E-state index in [1.807, 2.05) is 39.0 Å². The fourth-order valence-corrected chi connectivity index (χ4v) is 2.52. The number of rotatable bonds is 8. The second-order valence-electron chi connectivity index (χ2n) is 6.25. The van der Waals surface area contributed by atoms with E-state index in [1.165, 1.54) is 0 Å². The molecule has 0 bridgehead atoms. The van der Waals surface area contributed by atoms with Crippen LogP contribution in [0.4, 0.5) is 0 Å². The summed E-state index contributed by atoms with van der Waals surface area (Å²) < 4.78 is 10.8. The van der Waals surface area contributed by atoms with Gasteiger partial charge in [0.05, 0.1) is 13.2 Å². The molecule has 3 amide bonds. The number of carbonyl (C=O) groups is 3. The normalized spacial score (nSPS) is 10.0. The fourth-order valence-electron chi connectivity index (χ4n) is 2.52. The van der Waals surface area contributed by atoms with Gasteiger partial charge < -0.3 is 14.8 Å². The van der Waals surface area contributed by atoms with Crippen LogP contribution in [0.2, 0.25) is 0 Å². The van der Waals surface area contributed by atoms with Gasteiger partial charge in [-0.05, 0) is 56.2 Å². The molecule has 0 aliphatic rings. The summed E-state index contributed by atoms with van der Waals surface area (Å²) in [5.41, 5.74) is 6.70. The summed E-state index contributed by atoms with van der Waals surface area (Å²) in [6, 6.07) is 12.2. The van der Waals surface area contributed by atoms with E-state index in [4.69, 9.17) is 9.47 Å². The molecule has 0 spiro atoms. The lowest BCUT2D eigenvalue weighted by Gasteiger charge is -2.12. The van der Waals surface area contributed by atoms with Crippen molar-refractivity contribution in [3.8, 4) is 11.5 Å². The minimum Gasteiger partial charge on any atom is -0.494 e. The molecule has 2 rings (SSSR count). The standard InChI is InChI=1S/C21H25N3O5/c1-4-28-17-10-8-16(9-11-17)21(27)22-12-18(25)23-24-19(26)13-29-20-14(2)6-5-7-15(20)3/h5-11H,4,12-13H2,1-3H3,(H,22,27)(H,23,25)(H,24,26). The van der Waals surface area contributed by atoms with E-state index in [-0.39, 0.29) is 13.2 Å². The second kappa shape index (κ2) is 10.7. The minimum absolute atomic E-state index is 0.246. The number of hydrazine groups is 1. The zero-order chi connectivity index (χ0) is 21.2. The highest BCUT2D eigenvalue weighted by Gasteiger charge is 2.10. The van der Waals surface area contributed by atoms with Crippen LogP contribution in [0.5, 0.6) is 11.5 Å². The monoisotopic (exact) mass is 399 g/mol. The molecule has 0 unspecified atom stereocenters. The molecule has 0 fully saturated rings. The van der Waals surface area contributed by atoms with Gasteiger partial charge in [-0.2, -0.15) is 0 Å². The molecule has 0 aromatic heterocycles. The third-order valence-electron chi connectivity index (χ3n) is 3.93. The molecule has 0 radical (unpaired) electrons. The Hall–Kier alpha value is -3.55. The highest BCUT2D eigenvalue weighted by molar-refractivity contribution is 5.96. The molecule has 0 saturated heterocycles. The van der Waals surface area contributed by atoms with Crippen LogP contribution in [0.3, 0.4) is 0 Å². The summed E-state index contributed by atoms with van der Waals surface area (Å²) >= 11 is 0.